The van der Waals surface area contributed by atoms with Gasteiger partial charge in [-0.1, -0.05) is 28.4 Å². The van der Waals surface area contributed by atoms with Gasteiger partial charge in [0.05, 0.1) is 18.5 Å². The molecule has 2 heterocycles. The van der Waals surface area contributed by atoms with Crippen LogP contribution >= 0.6 is 23.2 Å². The molecule has 11 heteroatoms. The molecule has 4 rings (SSSR count). The fourth-order valence-electron chi connectivity index (χ4n) is 3.31. The van der Waals surface area contributed by atoms with Crippen molar-refractivity contribution in [1.29, 1.82) is 0 Å². The fourth-order valence-corrected chi connectivity index (χ4v) is 3.61. The monoisotopic (exact) mass is 447 g/mol. The Kier molecular flexibility index (Phi) is 5.31. The van der Waals surface area contributed by atoms with Crippen molar-refractivity contribution in [2.24, 2.45) is 10.3 Å². The van der Waals surface area contributed by atoms with Crippen LogP contribution in [0.1, 0.15) is 0 Å². The lowest BCUT2D eigenvalue weighted by atomic mass is 10.1. The summed E-state index contributed by atoms with van der Waals surface area (Å²) in [6.07, 6.45) is 0. The van der Waals surface area contributed by atoms with Gasteiger partial charge in [0.25, 0.3) is 11.8 Å². The zero-order valence-electron chi connectivity index (χ0n) is 15.6. The van der Waals surface area contributed by atoms with E-state index >= 15 is 0 Å². The Hall–Kier alpha value is -3.17. The molecule has 9 nitrogen and oxygen atoms in total. The number of nitrogens with one attached hydrogen (secondary N) is 1. The molecule has 30 heavy (non-hydrogen) atoms. The van der Waals surface area contributed by atoms with E-state index in [1.807, 2.05) is 0 Å². The second kappa shape index (κ2) is 7.92. The number of methoxy groups -OCH3 is 1. The lowest BCUT2D eigenvalue weighted by Crippen LogP contribution is -2.43. The Morgan fingerprint density at radius 3 is 2.50 bits per heavy atom. The van der Waals surface area contributed by atoms with Crippen LogP contribution < -0.4 is 15.0 Å². The van der Waals surface area contributed by atoms with Crippen molar-refractivity contribution in [2.45, 2.75) is 12.1 Å². The Labute approximate surface area is 181 Å². The van der Waals surface area contributed by atoms with Crippen molar-refractivity contribution in [3.05, 3.63) is 52.5 Å². The number of hydrogen-bond donors (Lipinski definition) is 1. The topological polar surface area (TPSA) is 104 Å². The normalized spacial score (nSPS) is 20.0. The molecule has 2 unspecified atom stereocenters. The van der Waals surface area contributed by atoms with Gasteiger partial charge in [-0.2, -0.15) is 5.11 Å². The summed E-state index contributed by atoms with van der Waals surface area (Å²) in [4.78, 5) is 39.2. The summed E-state index contributed by atoms with van der Waals surface area (Å²) < 4.78 is 5.20. The fraction of sp³-hybridized carbons (Fsp3) is 0.211. The number of benzene rings is 2. The molecule has 1 N–H and O–H groups in total. The number of carbonyl (C=O) groups excluding carboxylic acids is 3. The first-order valence-corrected chi connectivity index (χ1v) is 9.59. The number of ether oxygens (including phenoxy) is 1. The molecule has 3 amide bonds. The Bertz CT molecular complexity index is 1060. The summed E-state index contributed by atoms with van der Waals surface area (Å²) in [6, 6.07) is 9.10. The molecule has 2 aromatic carbocycles. The number of halogens is 2. The highest BCUT2D eigenvalue weighted by atomic mass is 35.5. The van der Waals surface area contributed by atoms with Gasteiger partial charge in [0.15, 0.2) is 12.1 Å². The third-order valence-electron chi connectivity index (χ3n) is 4.68. The number of anilines is 2. The lowest BCUT2D eigenvalue weighted by molar-refractivity contribution is -0.123. The van der Waals surface area contributed by atoms with Crippen LogP contribution in [-0.4, -0.2) is 48.5 Å². The van der Waals surface area contributed by atoms with Crippen molar-refractivity contribution in [3.8, 4) is 5.75 Å². The van der Waals surface area contributed by atoms with Crippen molar-refractivity contribution >= 4 is 52.3 Å². The number of imide groups is 1. The summed E-state index contributed by atoms with van der Waals surface area (Å²) >= 11 is 11.8. The number of nitrogens with zero attached hydrogens (tertiary/aromatic N) is 4. The average molecular weight is 448 g/mol. The number of carbonyl (C=O) groups is 3. The highest BCUT2D eigenvalue weighted by molar-refractivity contribution is 6.31. The van der Waals surface area contributed by atoms with Crippen molar-refractivity contribution in [2.75, 3.05) is 23.9 Å². The summed E-state index contributed by atoms with van der Waals surface area (Å²) in [7, 11) is 1.46. The maximum absolute atomic E-state index is 12.9. The quantitative estimate of drug-likeness (QED) is 0.709. The standard InChI is InChI=1S/C19H15Cl2N5O4/c1-30-14-7-4-11(21)8-13(14)22-15(27)9-25-17-16(23-24-25)18(28)26(19(17)29)12-5-2-10(20)3-6-12/h2-8,16-17H,9H2,1H3,(H,22,27). The molecule has 0 saturated carbocycles. The zero-order valence-corrected chi connectivity index (χ0v) is 17.1. The number of rotatable bonds is 5. The molecular formula is C19H15Cl2N5O4. The first-order chi connectivity index (χ1) is 14.4. The molecule has 0 aromatic heterocycles. The average Bonchev–Trinajstić information content (AvgIpc) is 3.23. The molecule has 154 valence electrons. The second-order valence-electron chi connectivity index (χ2n) is 6.57. The van der Waals surface area contributed by atoms with Crippen LogP contribution in [0.5, 0.6) is 5.75 Å². The molecule has 1 saturated heterocycles. The summed E-state index contributed by atoms with van der Waals surface area (Å²) in [6.45, 7) is -0.284. The van der Waals surface area contributed by atoms with Crippen molar-refractivity contribution in [1.82, 2.24) is 5.01 Å². The summed E-state index contributed by atoms with van der Waals surface area (Å²) in [5.41, 5.74) is 0.756. The van der Waals surface area contributed by atoms with E-state index in [-0.39, 0.29) is 6.54 Å². The minimum atomic E-state index is -0.998. The molecule has 0 spiro atoms. The van der Waals surface area contributed by atoms with Crippen LogP contribution in [-0.2, 0) is 14.4 Å². The maximum atomic E-state index is 12.9. The van der Waals surface area contributed by atoms with E-state index in [1.54, 1.807) is 42.5 Å². The smallest absolute Gasteiger partial charge is 0.263 e. The van der Waals surface area contributed by atoms with Gasteiger partial charge in [-0.05, 0) is 42.5 Å². The van der Waals surface area contributed by atoms with Crippen LogP contribution in [0.15, 0.2) is 52.8 Å². The summed E-state index contributed by atoms with van der Waals surface area (Å²) in [5.74, 6) is -1.06. The number of amides is 3. The van der Waals surface area contributed by atoms with Crippen molar-refractivity contribution < 1.29 is 19.1 Å². The Morgan fingerprint density at radius 2 is 1.80 bits per heavy atom. The summed E-state index contributed by atoms with van der Waals surface area (Å²) in [5, 5.41) is 12.5. The van der Waals surface area contributed by atoms with Gasteiger partial charge in [-0.15, -0.1) is 0 Å². The molecular weight excluding hydrogens is 433 g/mol. The van der Waals surface area contributed by atoms with Gasteiger partial charge >= 0.3 is 0 Å². The van der Waals surface area contributed by atoms with E-state index in [2.05, 4.69) is 15.7 Å². The highest BCUT2D eigenvalue weighted by Crippen LogP contribution is 2.32. The SMILES string of the molecule is COc1ccc(Cl)cc1NC(=O)CN1N=NC2C(=O)N(c3ccc(Cl)cc3)C(=O)C21. The minimum absolute atomic E-state index is 0.284. The van der Waals surface area contributed by atoms with E-state index in [1.165, 1.54) is 12.1 Å². The van der Waals surface area contributed by atoms with Gasteiger partial charge < -0.3 is 10.1 Å². The van der Waals surface area contributed by atoms with Crippen LogP contribution in [0.2, 0.25) is 10.0 Å². The van der Waals surface area contributed by atoms with E-state index < -0.39 is 29.8 Å². The van der Waals surface area contributed by atoms with E-state index in [0.29, 0.717) is 27.2 Å². The van der Waals surface area contributed by atoms with E-state index in [0.717, 1.165) is 4.90 Å². The van der Waals surface area contributed by atoms with Gasteiger partial charge in [0, 0.05) is 10.0 Å². The van der Waals surface area contributed by atoms with E-state index in [9.17, 15) is 14.4 Å². The third-order valence-corrected chi connectivity index (χ3v) is 5.17. The predicted octanol–water partition coefficient (Wildman–Crippen LogP) is 2.93. The van der Waals surface area contributed by atoms with Crippen LogP contribution in [0.3, 0.4) is 0 Å². The second-order valence-corrected chi connectivity index (χ2v) is 7.45. The molecule has 2 atom stereocenters. The molecule has 2 aliphatic heterocycles. The maximum Gasteiger partial charge on any atom is 0.263 e. The molecule has 0 radical (unpaired) electrons. The first kappa shape index (κ1) is 20.1. The van der Waals surface area contributed by atoms with Gasteiger partial charge in [-0.25, -0.2) is 4.90 Å². The molecule has 1 fully saturated rings. The van der Waals surface area contributed by atoms with Gasteiger partial charge in [0.1, 0.15) is 12.3 Å². The highest BCUT2D eigenvalue weighted by Gasteiger charge is 2.55. The van der Waals surface area contributed by atoms with Crippen LogP contribution in [0.4, 0.5) is 11.4 Å². The number of hydrogen-bond acceptors (Lipinski definition) is 7. The zero-order chi connectivity index (χ0) is 21.4. The van der Waals surface area contributed by atoms with Crippen molar-refractivity contribution in [3.63, 3.8) is 0 Å². The van der Waals surface area contributed by atoms with Crippen LogP contribution in [0, 0.1) is 0 Å². The molecule has 0 aliphatic carbocycles. The third kappa shape index (κ3) is 3.57. The van der Waals surface area contributed by atoms with Gasteiger partial charge in [0.2, 0.25) is 5.91 Å². The lowest BCUT2D eigenvalue weighted by Gasteiger charge is -2.20. The van der Waals surface area contributed by atoms with Crippen LogP contribution in [0.25, 0.3) is 0 Å². The Morgan fingerprint density at radius 1 is 1.10 bits per heavy atom. The van der Waals surface area contributed by atoms with Gasteiger partial charge in [-0.3, -0.25) is 19.4 Å². The number of fused-ring (bicyclic) bond motifs is 1. The first-order valence-electron chi connectivity index (χ1n) is 8.83. The molecule has 0 bridgehead atoms. The largest absolute Gasteiger partial charge is 0.495 e. The Balaban J connectivity index is 1.49. The van der Waals surface area contributed by atoms with E-state index in [4.69, 9.17) is 27.9 Å². The molecule has 2 aromatic rings. The minimum Gasteiger partial charge on any atom is -0.495 e. The predicted molar refractivity (Wildman–Crippen MR) is 110 cm³/mol. The molecule has 2 aliphatic rings.